The topological polar surface area (TPSA) is 119 Å². The molecule has 0 aromatic heterocycles. The highest BCUT2D eigenvalue weighted by molar-refractivity contribution is 6.05. The molecule has 2 aromatic carbocycles. The van der Waals surface area contributed by atoms with Gasteiger partial charge in [0.25, 0.3) is 17.5 Å². The molecular weight excluding hydrogens is 354 g/mol. The van der Waals surface area contributed by atoms with Crippen LogP contribution in [0.4, 0.5) is 11.4 Å². The molecule has 0 unspecified atom stereocenters. The van der Waals surface area contributed by atoms with E-state index in [0.717, 1.165) is 6.07 Å². The van der Waals surface area contributed by atoms with Crippen molar-refractivity contribution in [2.75, 3.05) is 25.6 Å². The molecule has 0 heterocycles. The van der Waals surface area contributed by atoms with Crippen molar-refractivity contribution in [2.24, 2.45) is 0 Å². The predicted molar refractivity (Wildman–Crippen MR) is 96.6 cm³/mol. The third kappa shape index (κ3) is 5.11. The second kappa shape index (κ2) is 8.56. The summed E-state index contributed by atoms with van der Waals surface area (Å²) >= 11 is 0. The van der Waals surface area contributed by atoms with Crippen molar-refractivity contribution >= 4 is 29.2 Å². The fraction of sp³-hybridized carbons (Fsp3) is 0.167. The lowest BCUT2D eigenvalue weighted by molar-refractivity contribution is -0.384. The monoisotopic (exact) mass is 371 g/mol. The van der Waals surface area contributed by atoms with E-state index in [9.17, 15) is 24.5 Å². The van der Waals surface area contributed by atoms with Crippen LogP contribution in [0, 0.1) is 10.1 Å². The first kappa shape index (κ1) is 19.6. The number of nitrogens with one attached hydrogen (secondary N) is 1. The van der Waals surface area contributed by atoms with Gasteiger partial charge in [0.2, 0.25) is 0 Å². The number of imide groups is 1. The summed E-state index contributed by atoms with van der Waals surface area (Å²) in [6, 6.07) is 11.8. The van der Waals surface area contributed by atoms with Crippen molar-refractivity contribution < 1.29 is 24.0 Å². The normalized spacial score (nSPS) is 10.0. The van der Waals surface area contributed by atoms with Crippen LogP contribution < -0.4 is 10.2 Å². The molecule has 0 spiro atoms. The molecule has 9 heteroatoms. The Kier molecular flexibility index (Phi) is 6.21. The highest BCUT2D eigenvalue weighted by Gasteiger charge is 2.20. The van der Waals surface area contributed by atoms with Crippen LogP contribution in [0.2, 0.25) is 0 Å². The maximum Gasteiger partial charge on any atom is 0.341 e. The molecule has 2 aromatic rings. The summed E-state index contributed by atoms with van der Waals surface area (Å²) in [7, 11) is 3.31. The van der Waals surface area contributed by atoms with E-state index < -0.39 is 29.3 Å². The fourth-order valence-corrected chi connectivity index (χ4v) is 2.22. The first-order chi connectivity index (χ1) is 12.8. The highest BCUT2D eigenvalue weighted by atomic mass is 16.6. The number of anilines is 1. The van der Waals surface area contributed by atoms with Gasteiger partial charge in [0.15, 0.2) is 6.61 Å². The molecule has 0 bridgehead atoms. The largest absolute Gasteiger partial charge is 0.452 e. The van der Waals surface area contributed by atoms with E-state index in [1.807, 2.05) is 0 Å². The van der Waals surface area contributed by atoms with Gasteiger partial charge in [-0.25, -0.2) is 4.79 Å². The van der Waals surface area contributed by atoms with Crippen LogP contribution in [0.15, 0.2) is 48.5 Å². The lowest BCUT2D eigenvalue weighted by Gasteiger charge is -2.16. The summed E-state index contributed by atoms with van der Waals surface area (Å²) in [4.78, 5) is 47.8. The van der Waals surface area contributed by atoms with E-state index in [1.165, 1.54) is 24.3 Å². The van der Waals surface area contributed by atoms with Crippen LogP contribution in [0.3, 0.4) is 0 Å². The molecule has 2 amide bonds. The lowest BCUT2D eigenvalue weighted by atomic mass is 10.1. The quantitative estimate of drug-likeness (QED) is 0.467. The third-order valence-electron chi connectivity index (χ3n) is 3.52. The average molecular weight is 371 g/mol. The molecule has 1 N–H and O–H groups in total. The van der Waals surface area contributed by atoms with Crippen LogP contribution in [0.1, 0.15) is 20.7 Å². The molecule has 9 nitrogen and oxygen atoms in total. The van der Waals surface area contributed by atoms with Crippen molar-refractivity contribution in [3.8, 4) is 0 Å². The molecule has 0 aliphatic rings. The molecule has 0 saturated carbocycles. The Bertz CT molecular complexity index is 880. The van der Waals surface area contributed by atoms with E-state index in [4.69, 9.17) is 4.74 Å². The third-order valence-corrected chi connectivity index (χ3v) is 3.52. The highest BCUT2D eigenvalue weighted by Crippen LogP contribution is 2.24. The average Bonchev–Trinajstić information content (AvgIpc) is 2.66. The SMILES string of the molecule is CN(C)c1ccc([N+](=O)[O-])cc1C(=O)OCC(=O)NC(=O)c1ccccc1. The standard InChI is InChI=1S/C18H17N3O6/c1-20(2)15-9-8-13(21(25)26)10-14(15)18(24)27-11-16(22)19-17(23)12-6-4-3-5-7-12/h3-10H,11H2,1-2H3,(H,19,22,23). The van der Waals surface area contributed by atoms with Gasteiger partial charge in [0.1, 0.15) is 0 Å². The van der Waals surface area contributed by atoms with Crippen molar-refractivity contribution in [1.29, 1.82) is 0 Å². The molecule has 27 heavy (non-hydrogen) atoms. The van der Waals surface area contributed by atoms with Gasteiger partial charge in [-0.1, -0.05) is 18.2 Å². The molecule has 2 rings (SSSR count). The summed E-state index contributed by atoms with van der Waals surface area (Å²) in [6.07, 6.45) is 0. The number of non-ortho nitro benzene ring substituents is 1. The second-order valence-electron chi connectivity index (χ2n) is 5.67. The van der Waals surface area contributed by atoms with Gasteiger partial charge in [-0.15, -0.1) is 0 Å². The summed E-state index contributed by atoms with van der Waals surface area (Å²) in [5, 5.41) is 13.0. The van der Waals surface area contributed by atoms with Crippen molar-refractivity contribution in [2.45, 2.75) is 0 Å². The zero-order valence-corrected chi connectivity index (χ0v) is 14.7. The van der Waals surface area contributed by atoms with Gasteiger partial charge in [-0.2, -0.15) is 0 Å². The van der Waals surface area contributed by atoms with Crippen LogP contribution in [0.5, 0.6) is 0 Å². The molecule has 0 radical (unpaired) electrons. The summed E-state index contributed by atoms with van der Waals surface area (Å²) in [5.41, 5.74) is 0.338. The Morgan fingerprint density at radius 2 is 1.78 bits per heavy atom. The van der Waals surface area contributed by atoms with E-state index >= 15 is 0 Å². The molecule has 0 aliphatic carbocycles. The smallest absolute Gasteiger partial charge is 0.341 e. The van der Waals surface area contributed by atoms with Crippen molar-refractivity contribution in [3.05, 3.63) is 69.8 Å². The predicted octanol–water partition coefficient (Wildman–Crippen LogP) is 1.77. The zero-order chi connectivity index (χ0) is 20.0. The van der Waals surface area contributed by atoms with Gasteiger partial charge >= 0.3 is 5.97 Å². The summed E-state index contributed by atoms with van der Waals surface area (Å²) in [6.45, 7) is -0.701. The van der Waals surface area contributed by atoms with E-state index in [1.54, 1.807) is 37.2 Å². The maximum absolute atomic E-state index is 12.3. The first-order valence-electron chi connectivity index (χ1n) is 7.81. The van der Waals surface area contributed by atoms with Crippen molar-refractivity contribution in [1.82, 2.24) is 5.32 Å². The molecule has 0 atom stereocenters. The number of nitro groups is 1. The second-order valence-corrected chi connectivity index (χ2v) is 5.67. The van der Waals surface area contributed by atoms with Crippen LogP contribution in [0.25, 0.3) is 0 Å². The summed E-state index contributed by atoms with van der Waals surface area (Å²) < 4.78 is 4.90. The number of benzene rings is 2. The van der Waals surface area contributed by atoms with Crippen LogP contribution in [-0.4, -0.2) is 43.4 Å². The lowest BCUT2D eigenvalue weighted by Crippen LogP contribution is -2.34. The number of rotatable bonds is 6. The van der Waals surface area contributed by atoms with E-state index in [2.05, 4.69) is 5.32 Å². The number of carbonyl (C=O) groups is 3. The molecular formula is C18H17N3O6. The number of esters is 1. The summed E-state index contributed by atoms with van der Waals surface area (Å²) in [5.74, 6) is -2.35. The number of nitro benzene ring substituents is 1. The number of amides is 2. The Hall–Kier alpha value is -3.75. The van der Waals surface area contributed by atoms with Crippen LogP contribution >= 0.6 is 0 Å². The first-order valence-corrected chi connectivity index (χ1v) is 7.81. The van der Waals surface area contributed by atoms with Gasteiger partial charge in [-0.05, 0) is 18.2 Å². The fourth-order valence-electron chi connectivity index (χ4n) is 2.22. The van der Waals surface area contributed by atoms with Gasteiger partial charge < -0.3 is 9.64 Å². The Morgan fingerprint density at radius 1 is 1.11 bits per heavy atom. The molecule has 140 valence electrons. The zero-order valence-electron chi connectivity index (χ0n) is 14.7. The molecule has 0 saturated heterocycles. The van der Waals surface area contributed by atoms with E-state index in [-0.39, 0.29) is 16.8 Å². The maximum atomic E-state index is 12.3. The molecule has 0 fully saturated rings. The Morgan fingerprint density at radius 3 is 2.37 bits per heavy atom. The number of carbonyl (C=O) groups excluding carboxylic acids is 3. The number of ether oxygens (including phenoxy) is 1. The Balaban J connectivity index is 2.04. The molecule has 0 aliphatic heterocycles. The number of nitrogens with zero attached hydrogens (tertiary/aromatic N) is 2. The van der Waals surface area contributed by atoms with Crippen LogP contribution in [-0.2, 0) is 9.53 Å². The van der Waals surface area contributed by atoms with E-state index in [0.29, 0.717) is 5.69 Å². The minimum absolute atomic E-state index is 0.0589. The van der Waals surface area contributed by atoms with Gasteiger partial charge in [0, 0.05) is 31.8 Å². The van der Waals surface area contributed by atoms with Crippen molar-refractivity contribution in [3.63, 3.8) is 0 Å². The Labute approximate surface area is 154 Å². The van der Waals surface area contributed by atoms with Gasteiger partial charge in [0.05, 0.1) is 16.2 Å². The number of hydrogen-bond acceptors (Lipinski definition) is 7. The number of hydrogen-bond donors (Lipinski definition) is 1. The van der Waals surface area contributed by atoms with Gasteiger partial charge in [-0.3, -0.25) is 25.0 Å². The minimum Gasteiger partial charge on any atom is -0.452 e. The minimum atomic E-state index is -0.912.